The maximum atomic E-state index is 12.8. The van der Waals surface area contributed by atoms with Crippen LogP contribution in [-0.4, -0.2) is 25.3 Å². The zero-order valence-electron chi connectivity index (χ0n) is 13.9. The van der Waals surface area contributed by atoms with Gasteiger partial charge in [0, 0.05) is 6.07 Å². The maximum absolute atomic E-state index is 12.8. The molecule has 130 valence electrons. The van der Waals surface area contributed by atoms with E-state index in [1.807, 2.05) is 0 Å². The van der Waals surface area contributed by atoms with Gasteiger partial charge in [-0.2, -0.15) is 0 Å². The summed E-state index contributed by atoms with van der Waals surface area (Å²) in [5.74, 6) is -0.285. The van der Waals surface area contributed by atoms with E-state index in [1.54, 1.807) is 19.1 Å². The highest BCUT2D eigenvalue weighted by molar-refractivity contribution is 5.96. The van der Waals surface area contributed by atoms with Crippen LogP contribution >= 0.6 is 0 Å². The van der Waals surface area contributed by atoms with Crippen molar-refractivity contribution in [2.24, 2.45) is 0 Å². The maximum Gasteiger partial charge on any atom is 0.339 e. The molecule has 2 aromatic rings. The van der Waals surface area contributed by atoms with Crippen LogP contribution in [-0.2, 0) is 4.74 Å². The summed E-state index contributed by atoms with van der Waals surface area (Å²) in [6.45, 7) is 1.78. The Morgan fingerprint density at radius 3 is 2.60 bits per heavy atom. The Kier molecular flexibility index (Phi) is 4.22. The van der Waals surface area contributed by atoms with E-state index in [0.717, 1.165) is 0 Å². The second-order valence-electron chi connectivity index (χ2n) is 5.31. The van der Waals surface area contributed by atoms with Crippen LogP contribution in [0.3, 0.4) is 0 Å². The number of hydrogen-bond donors (Lipinski definition) is 1. The third-order valence-corrected chi connectivity index (χ3v) is 3.86. The van der Waals surface area contributed by atoms with E-state index in [2.05, 4.69) is 0 Å². The molecule has 0 fully saturated rings. The van der Waals surface area contributed by atoms with Crippen LogP contribution in [0.2, 0.25) is 0 Å². The van der Waals surface area contributed by atoms with E-state index in [-0.39, 0.29) is 34.1 Å². The van der Waals surface area contributed by atoms with Gasteiger partial charge in [-0.05, 0) is 19.1 Å². The van der Waals surface area contributed by atoms with Gasteiger partial charge in [0.25, 0.3) is 0 Å². The molecule has 0 saturated heterocycles. The van der Waals surface area contributed by atoms with E-state index in [0.29, 0.717) is 5.56 Å². The molecule has 1 aliphatic heterocycles. The number of fused-ring (bicyclic) bond motifs is 1. The molecule has 0 spiro atoms. The van der Waals surface area contributed by atoms with Crippen molar-refractivity contribution < 1.29 is 28.5 Å². The first-order chi connectivity index (χ1) is 12.0. The van der Waals surface area contributed by atoms with E-state index in [1.165, 1.54) is 32.6 Å². The second kappa shape index (κ2) is 6.35. The number of benzene rings is 1. The fourth-order valence-electron chi connectivity index (χ4n) is 2.79. The van der Waals surface area contributed by atoms with Gasteiger partial charge in [-0.1, -0.05) is 6.08 Å². The number of carbonyl (C=O) groups is 1. The van der Waals surface area contributed by atoms with Gasteiger partial charge in [-0.3, -0.25) is 4.79 Å². The molecule has 0 radical (unpaired) electrons. The summed E-state index contributed by atoms with van der Waals surface area (Å²) in [5, 5.41) is 9.72. The van der Waals surface area contributed by atoms with Gasteiger partial charge in [0.15, 0.2) is 11.9 Å². The van der Waals surface area contributed by atoms with Gasteiger partial charge in [0.2, 0.25) is 11.2 Å². The lowest BCUT2D eigenvalue weighted by Crippen LogP contribution is -2.17. The van der Waals surface area contributed by atoms with Crippen molar-refractivity contribution in [2.45, 2.75) is 13.0 Å². The minimum Gasteiger partial charge on any atom is -0.508 e. The van der Waals surface area contributed by atoms with Gasteiger partial charge < -0.3 is 23.7 Å². The topological polar surface area (TPSA) is 95.2 Å². The number of methoxy groups -OCH3 is 2. The van der Waals surface area contributed by atoms with Gasteiger partial charge in [-0.25, -0.2) is 4.79 Å². The average Bonchev–Trinajstić information content (AvgIpc) is 2.91. The molecule has 0 unspecified atom stereocenters. The fourth-order valence-corrected chi connectivity index (χ4v) is 2.79. The van der Waals surface area contributed by atoms with Crippen LogP contribution in [0.15, 0.2) is 33.7 Å². The van der Waals surface area contributed by atoms with Crippen molar-refractivity contribution in [1.29, 1.82) is 0 Å². The Labute approximate surface area is 143 Å². The number of hydrogen-bond acceptors (Lipinski definition) is 7. The Balaban J connectivity index is 2.21. The lowest BCUT2D eigenvalue weighted by molar-refractivity contribution is 0.0449. The van der Waals surface area contributed by atoms with Crippen LogP contribution in [0, 0.1) is 0 Å². The molecule has 3 rings (SSSR count). The summed E-state index contributed by atoms with van der Waals surface area (Å²) in [5.41, 5.74) is 0.139. The zero-order valence-corrected chi connectivity index (χ0v) is 13.9. The van der Waals surface area contributed by atoms with Crippen molar-refractivity contribution in [1.82, 2.24) is 0 Å². The first-order valence-electron chi connectivity index (χ1n) is 7.46. The van der Waals surface area contributed by atoms with Crippen molar-refractivity contribution >= 4 is 12.0 Å². The minimum atomic E-state index is -1.01. The number of esters is 1. The third kappa shape index (κ3) is 2.63. The summed E-state index contributed by atoms with van der Waals surface area (Å²) < 4.78 is 21.2. The molecule has 7 heteroatoms. The summed E-state index contributed by atoms with van der Waals surface area (Å²) in [4.78, 5) is 24.9. The van der Waals surface area contributed by atoms with E-state index in [9.17, 15) is 14.7 Å². The molecule has 25 heavy (non-hydrogen) atoms. The lowest BCUT2D eigenvalue weighted by atomic mass is 9.98. The van der Waals surface area contributed by atoms with Crippen molar-refractivity contribution in [3.8, 4) is 17.2 Å². The summed E-state index contributed by atoms with van der Waals surface area (Å²) in [6.07, 6.45) is 3.52. The van der Waals surface area contributed by atoms with Crippen LogP contribution in [0.5, 0.6) is 17.2 Å². The third-order valence-electron chi connectivity index (χ3n) is 3.86. The van der Waals surface area contributed by atoms with Crippen molar-refractivity contribution in [3.05, 3.63) is 57.1 Å². The predicted octanol–water partition coefficient (Wildman–Crippen LogP) is 2.66. The molecule has 0 saturated carbocycles. The predicted molar refractivity (Wildman–Crippen MR) is 88.2 cm³/mol. The first kappa shape index (κ1) is 16.6. The SMILES string of the molecule is CC=Cc1occ([C@@H]2OC(=O)c3cc(O)cc(OC)c32)c(=O)c1OC. The number of allylic oxidation sites excluding steroid dienone is 1. The Bertz CT molecular complexity index is 924. The molecular formula is C18H16O7. The van der Waals surface area contributed by atoms with Gasteiger partial charge >= 0.3 is 5.97 Å². The average molecular weight is 344 g/mol. The smallest absolute Gasteiger partial charge is 0.339 e. The van der Waals surface area contributed by atoms with Crippen LogP contribution in [0.1, 0.15) is 40.3 Å². The highest BCUT2D eigenvalue weighted by Crippen LogP contribution is 2.43. The molecule has 1 atom stereocenters. The molecule has 1 aromatic heterocycles. The van der Waals surface area contributed by atoms with Crippen LogP contribution < -0.4 is 14.9 Å². The Hall–Kier alpha value is -3.22. The molecule has 7 nitrogen and oxygen atoms in total. The van der Waals surface area contributed by atoms with Crippen molar-refractivity contribution in [2.75, 3.05) is 14.2 Å². The molecule has 2 heterocycles. The number of aromatic hydroxyl groups is 1. The number of carbonyl (C=O) groups excluding carboxylic acids is 1. The van der Waals surface area contributed by atoms with E-state index < -0.39 is 17.5 Å². The standard InChI is InChI=1S/C18H16O7/c1-4-5-12-17(23-3)15(20)11(8-24-12)16-14-10(18(21)25-16)6-9(19)7-13(14)22-2/h4-8,16,19H,1-3H3/t16-/m0/s1. The number of phenolic OH excluding ortho intramolecular Hbond substituents is 1. The molecular weight excluding hydrogens is 328 g/mol. The molecule has 1 aliphatic rings. The monoisotopic (exact) mass is 344 g/mol. The summed E-state index contributed by atoms with van der Waals surface area (Å²) >= 11 is 0. The van der Waals surface area contributed by atoms with Crippen LogP contribution in [0.25, 0.3) is 6.08 Å². The molecule has 0 bridgehead atoms. The van der Waals surface area contributed by atoms with Gasteiger partial charge in [0.05, 0.1) is 30.9 Å². The first-order valence-corrected chi connectivity index (χ1v) is 7.46. The highest BCUT2D eigenvalue weighted by atomic mass is 16.6. The number of phenols is 1. The second-order valence-corrected chi connectivity index (χ2v) is 5.31. The van der Waals surface area contributed by atoms with E-state index >= 15 is 0 Å². The molecule has 0 aliphatic carbocycles. The van der Waals surface area contributed by atoms with Gasteiger partial charge in [0.1, 0.15) is 17.8 Å². The number of cyclic esters (lactones) is 1. The minimum absolute atomic E-state index is 0.0119. The Morgan fingerprint density at radius 2 is 1.96 bits per heavy atom. The van der Waals surface area contributed by atoms with E-state index in [4.69, 9.17) is 18.6 Å². The Morgan fingerprint density at radius 1 is 1.20 bits per heavy atom. The normalized spacial score (nSPS) is 16.0. The van der Waals surface area contributed by atoms with Gasteiger partial charge in [-0.15, -0.1) is 0 Å². The van der Waals surface area contributed by atoms with Crippen molar-refractivity contribution in [3.63, 3.8) is 0 Å². The van der Waals surface area contributed by atoms with Crippen LogP contribution in [0.4, 0.5) is 0 Å². The quantitative estimate of drug-likeness (QED) is 0.852. The molecule has 1 N–H and O–H groups in total. The molecule has 0 amide bonds. The lowest BCUT2D eigenvalue weighted by Gasteiger charge is -2.14. The number of rotatable bonds is 4. The summed E-state index contributed by atoms with van der Waals surface area (Å²) in [6, 6.07) is 2.62. The number of ether oxygens (including phenoxy) is 3. The largest absolute Gasteiger partial charge is 0.508 e. The highest BCUT2D eigenvalue weighted by Gasteiger charge is 2.38. The fraction of sp³-hybridized carbons (Fsp3) is 0.222. The molecule has 1 aromatic carbocycles. The summed E-state index contributed by atoms with van der Waals surface area (Å²) in [7, 11) is 2.75. The zero-order chi connectivity index (χ0) is 18.1.